The van der Waals surface area contributed by atoms with Gasteiger partial charge in [-0.15, -0.1) is 0 Å². The van der Waals surface area contributed by atoms with Crippen LogP contribution in [0.15, 0.2) is 30.3 Å². The molecule has 1 aromatic carbocycles. The summed E-state index contributed by atoms with van der Waals surface area (Å²) in [5.74, 6) is -0.210. The number of allylic oxidation sites excluding steroid dienone is 1. The lowest BCUT2D eigenvalue weighted by Crippen LogP contribution is -2.31. The minimum Gasteiger partial charge on any atom is -0.337 e. The molecule has 0 atom stereocenters. The molecular weight excluding hydrogens is 286 g/mol. The van der Waals surface area contributed by atoms with Crippen LogP contribution in [0.4, 0.5) is 0 Å². The Morgan fingerprint density at radius 1 is 1.24 bits per heavy atom. The van der Waals surface area contributed by atoms with E-state index in [1.54, 1.807) is 6.07 Å². The topological polar surface area (TPSA) is 67.9 Å². The van der Waals surface area contributed by atoms with Gasteiger partial charge in [0.25, 0.3) is 0 Å². The first-order valence-corrected chi connectivity index (χ1v) is 6.94. The van der Waals surface area contributed by atoms with Crippen molar-refractivity contribution in [2.24, 2.45) is 0 Å². The largest absolute Gasteiger partial charge is 0.337 e. The van der Waals surface area contributed by atoms with Gasteiger partial charge < -0.3 is 4.90 Å². The fourth-order valence-electron chi connectivity index (χ4n) is 1.84. The second kappa shape index (κ2) is 8.79. The van der Waals surface area contributed by atoms with E-state index >= 15 is 0 Å². The number of nitriles is 2. The zero-order valence-corrected chi connectivity index (χ0v) is 12.6. The van der Waals surface area contributed by atoms with Crippen LogP contribution in [-0.2, 0) is 4.79 Å². The van der Waals surface area contributed by atoms with Crippen LogP contribution in [0.25, 0.3) is 5.57 Å². The van der Waals surface area contributed by atoms with Gasteiger partial charge in [0.05, 0.1) is 25.0 Å². The number of halogens is 1. The Morgan fingerprint density at radius 2 is 1.81 bits per heavy atom. The molecule has 0 saturated heterocycles. The van der Waals surface area contributed by atoms with Crippen molar-refractivity contribution >= 4 is 23.1 Å². The molecule has 0 aromatic heterocycles. The van der Waals surface area contributed by atoms with Crippen molar-refractivity contribution in [3.8, 4) is 12.1 Å². The van der Waals surface area contributed by atoms with Crippen molar-refractivity contribution in [3.63, 3.8) is 0 Å². The molecule has 0 saturated carbocycles. The minimum absolute atomic E-state index is 0.210. The number of carbonyl (C=O) groups is 1. The molecule has 5 heteroatoms. The number of amides is 1. The van der Waals surface area contributed by atoms with Crippen LogP contribution in [0.3, 0.4) is 0 Å². The van der Waals surface area contributed by atoms with E-state index in [9.17, 15) is 4.79 Å². The molecule has 0 unspecified atom stereocenters. The average Bonchev–Trinajstić information content (AvgIpc) is 2.47. The average molecular weight is 302 g/mol. The second-order valence-electron chi connectivity index (χ2n) is 4.45. The predicted octanol–water partition coefficient (Wildman–Crippen LogP) is 3.40. The summed E-state index contributed by atoms with van der Waals surface area (Å²) in [5.41, 5.74) is 1.55. The molecule has 1 rings (SSSR count). The third-order valence-corrected chi connectivity index (χ3v) is 3.27. The fourth-order valence-corrected chi connectivity index (χ4v) is 2.12. The molecule has 0 heterocycles. The van der Waals surface area contributed by atoms with Gasteiger partial charge in [0, 0.05) is 24.2 Å². The monoisotopic (exact) mass is 301 g/mol. The summed E-state index contributed by atoms with van der Waals surface area (Å²) in [6, 6.07) is 11.3. The van der Waals surface area contributed by atoms with E-state index in [-0.39, 0.29) is 18.7 Å². The summed E-state index contributed by atoms with van der Waals surface area (Å²) in [6.07, 6.45) is 1.99. The fraction of sp³-hybridized carbons (Fsp3) is 0.312. The molecule has 0 N–H and O–H groups in total. The molecule has 0 fully saturated rings. The lowest BCUT2D eigenvalue weighted by Gasteiger charge is -2.19. The van der Waals surface area contributed by atoms with E-state index in [2.05, 4.69) is 0 Å². The molecule has 21 heavy (non-hydrogen) atoms. The van der Waals surface area contributed by atoms with Crippen LogP contribution in [0.1, 0.15) is 25.3 Å². The summed E-state index contributed by atoms with van der Waals surface area (Å²) in [7, 11) is 0. The Morgan fingerprint density at radius 3 is 2.33 bits per heavy atom. The number of rotatable bonds is 6. The summed E-state index contributed by atoms with van der Waals surface area (Å²) >= 11 is 6.10. The van der Waals surface area contributed by atoms with Crippen LogP contribution >= 0.6 is 11.6 Å². The highest BCUT2D eigenvalue weighted by Crippen LogP contribution is 2.23. The Labute approximate surface area is 129 Å². The molecule has 108 valence electrons. The molecule has 1 aromatic rings. The van der Waals surface area contributed by atoms with Crippen molar-refractivity contribution < 1.29 is 4.79 Å². The van der Waals surface area contributed by atoms with Crippen molar-refractivity contribution in [1.82, 2.24) is 4.90 Å². The summed E-state index contributed by atoms with van der Waals surface area (Å²) in [6.45, 7) is 2.46. The van der Waals surface area contributed by atoms with Gasteiger partial charge in [-0.25, -0.2) is 0 Å². The van der Waals surface area contributed by atoms with Crippen molar-refractivity contribution in [2.45, 2.75) is 19.8 Å². The van der Waals surface area contributed by atoms with Gasteiger partial charge in [0.2, 0.25) is 5.91 Å². The maximum Gasteiger partial charge on any atom is 0.246 e. The molecule has 0 aliphatic rings. The molecular formula is C16H16ClN3O. The van der Waals surface area contributed by atoms with Gasteiger partial charge in [-0.05, 0) is 24.1 Å². The summed E-state index contributed by atoms with van der Waals surface area (Å²) in [5, 5.41) is 17.8. The quantitative estimate of drug-likeness (QED) is 0.756. The van der Waals surface area contributed by atoms with Crippen LogP contribution in [0.5, 0.6) is 0 Å². The zero-order valence-electron chi connectivity index (χ0n) is 11.8. The SMILES string of the molecule is CC(=CC(=O)N(CCC#N)CCC#N)c1ccccc1Cl. The first kappa shape index (κ1) is 16.8. The third-order valence-electron chi connectivity index (χ3n) is 2.94. The van der Waals surface area contributed by atoms with E-state index in [0.717, 1.165) is 11.1 Å². The minimum atomic E-state index is -0.210. The predicted molar refractivity (Wildman–Crippen MR) is 82.1 cm³/mol. The van der Waals surface area contributed by atoms with Crippen molar-refractivity contribution in [2.75, 3.05) is 13.1 Å². The highest BCUT2D eigenvalue weighted by Gasteiger charge is 2.12. The van der Waals surface area contributed by atoms with Gasteiger partial charge in [0.15, 0.2) is 0 Å². The summed E-state index contributed by atoms with van der Waals surface area (Å²) < 4.78 is 0. The molecule has 0 spiro atoms. The van der Waals surface area contributed by atoms with E-state index in [1.807, 2.05) is 37.3 Å². The Hall–Kier alpha value is -2.30. The maximum atomic E-state index is 12.2. The Balaban J connectivity index is 2.88. The number of hydrogen-bond donors (Lipinski definition) is 0. The first-order valence-electron chi connectivity index (χ1n) is 6.56. The Kier molecular flexibility index (Phi) is 7.01. The molecule has 0 aliphatic carbocycles. The number of benzene rings is 1. The third kappa shape index (κ3) is 5.30. The smallest absolute Gasteiger partial charge is 0.246 e. The highest BCUT2D eigenvalue weighted by atomic mass is 35.5. The van der Waals surface area contributed by atoms with Crippen molar-refractivity contribution in [3.05, 3.63) is 40.9 Å². The van der Waals surface area contributed by atoms with Crippen LogP contribution in [0.2, 0.25) is 5.02 Å². The standard InChI is InChI=1S/C16H16ClN3O/c1-13(14-6-2-3-7-15(14)17)12-16(21)20(10-4-8-18)11-5-9-19/h2-3,6-7,12H,4-5,10-11H2,1H3. The molecule has 1 amide bonds. The van der Waals surface area contributed by atoms with E-state index < -0.39 is 0 Å². The zero-order chi connectivity index (χ0) is 15.7. The highest BCUT2D eigenvalue weighted by molar-refractivity contribution is 6.32. The van der Waals surface area contributed by atoms with Gasteiger partial charge in [0.1, 0.15) is 0 Å². The number of hydrogen-bond acceptors (Lipinski definition) is 3. The number of nitrogens with zero attached hydrogens (tertiary/aromatic N) is 3. The van der Waals surface area contributed by atoms with Gasteiger partial charge >= 0.3 is 0 Å². The van der Waals surface area contributed by atoms with E-state index in [0.29, 0.717) is 18.1 Å². The van der Waals surface area contributed by atoms with E-state index in [4.69, 9.17) is 22.1 Å². The summed E-state index contributed by atoms with van der Waals surface area (Å²) in [4.78, 5) is 13.7. The second-order valence-corrected chi connectivity index (χ2v) is 4.86. The van der Waals surface area contributed by atoms with Crippen LogP contribution in [-0.4, -0.2) is 23.9 Å². The number of carbonyl (C=O) groups excluding carboxylic acids is 1. The van der Waals surface area contributed by atoms with E-state index in [1.165, 1.54) is 11.0 Å². The van der Waals surface area contributed by atoms with Gasteiger partial charge in [-0.3, -0.25) is 4.79 Å². The molecule has 0 bridgehead atoms. The normalized spacial score (nSPS) is 10.6. The first-order chi connectivity index (χ1) is 10.1. The van der Waals surface area contributed by atoms with Crippen molar-refractivity contribution in [1.29, 1.82) is 10.5 Å². The molecule has 4 nitrogen and oxygen atoms in total. The Bertz CT molecular complexity index is 593. The maximum absolute atomic E-state index is 12.2. The lowest BCUT2D eigenvalue weighted by atomic mass is 10.1. The van der Waals surface area contributed by atoms with Gasteiger partial charge in [-0.2, -0.15) is 10.5 Å². The van der Waals surface area contributed by atoms with Gasteiger partial charge in [-0.1, -0.05) is 29.8 Å². The molecule has 0 radical (unpaired) electrons. The molecule has 0 aliphatic heterocycles. The van der Waals surface area contributed by atoms with Crippen LogP contribution < -0.4 is 0 Å². The van der Waals surface area contributed by atoms with Crippen LogP contribution in [0, 0.1) is 22.7 Å². The lowest BCUT2D eigenvalue weighted by molar-refractivity contribution is -0.125.